The number of carbonyl (C=O) groups excluding carboxylic acids is 3. The minimum Gasteiger partial charge on any atom is -0.520 e. The molecule has 1 atom stereocenters. The molecule has 0 bridgehead atoms. The molecule has 0 spiro atoms. The number of ether oxygens (including phenoxy) is 2. The number of aldehydes is 1. The minimum absolute atomic E-state index is 0. The molecule has 0 aromatic heterocycles. The maximum atomic E-state index is 11.7. The van der Waals surface area contributed by atoms with Gasteiger partial charge >= 0.3 is 5.97 Å². The third-order valence-electron chi connectivity index (χ3n) is 2.21. The Morgan fingerprint density at radius 2 is 2.05 bits per heavy atom. The third-order valence-corrected chi connectivity index (χ3v) is 2.21. The van der Waals surface area contributed by atoms with Crippen LogP contribution in [0.1, 0.15) is 5.56 Å². The summed E-state index contributed by atoms with van der Waals surface area (Å²) in [6.07, 6.45) is 1.96. The van der Waals surface area contributed by atoms with E-state index in [1.807, 2.05) is 30.3 Å². The Morgan fingerprint density at radius 3 is 2.65 bits per heavy atom. The molecule has 0 aliphatic rings. The molecular formula is C13H14FmNO5-. The summed E-state index contributed by atoms with van der Waals surface area (Å²) < 4.78 is 9.89. The maximum Gasteiger partial charge on any atom is 0.328 e. The van der Waals surface area contributed by atoms with Crippen LogP contribution < -0.4 is 5.32 Å². The second-order valence-electron chi connectivity index (χ2n) is 3.60. The first-order chi connectivity index (χ1) is 9.27. The van der Waals surface area contributed by atoms with Crippen molar-refractivity contribution < 1.29 is 23.9 Å². The Labute approximate surface area is 110 Å². The van der Waals surface area contributed by atoms with Crippen LogP contribution in [0.3, 0.4) is 0 Å². The molecule has 1 aromatic rings. The fraction of sp³-hybridized carbons (Fsp3) is 0.308. The average molecular weight is 521 g/mol. The molecule has 0 radical (unpaired) electrons. The first-order valence-corrected chi connectivity index (χ1v) is 5.62. The molecule has 1 unspecified atom stereocenters. The van der Waals surface area contributed by atoms with E-state index in [0.717, 1.165) is 5.56 Å². The van der Waals surface area contributed by atoms with Gasteiger partial charge in [0, 0.05) is 0 Å². The van der Waals surface area contributed by atoms with E-state index >= 15 is 0 Å². The van der Waals surface area contributed by atoms with Gasteiger partial charge in [-0.25, -0.2) is 4.79 Å². The van der Waals surface area contributed by atoms with Crippen molar-refractivity contribution in [2.75, 3.05) is 13.2 Å². The van der Waals surface area contributed by atoms with Crippen LogP contribution in [0.4, 0.5) is 0 Å². The summed E-state index contributed by atoms with van der Waals surface area (Å²) in [6, 6.07) is 8.15. The predicted octanol–water partition coefficient (Wildman–Crippen LogP) is -0.0293. The number of amides is 1. The maximum absolute atomic E-state index is 11.7. The van der Waals surface area contributed by atoms with E-state index in [1.165, 1.54) is 6.41 Å². The molecule has 1 aromatic carbocycles. The molecule has 114 valence electrons. The number of esters is 1. The first kappa shape index (κ1) is 16.8. The zero-order valence-electron chi connectivity index (χ0n) is 10.5. The number of carbonyl (C=O) groups is 2. The number of nitrogens with one attached hydrogen (secondary N) is 1. The smallest absolute Gasteiger partial charge is 0.328 e. The molecule has 1 rings (SSSR count). The predicted molar refractivity (Wildman–Crippen MR) is 65.7 cm³/mol. The van der Waals surface area contributed by atoms with Crippen molar-refractivity contribution in [1.29, 1.82) is 0 Å². The van der Waals surface area contributed by atoms with Crippen molar-refractivity contribution >= 4 is 18.7 Å². The van der Waals surface area contributed by atoms with Crippen molar-refractivity contribution in [2.24, 2.45) is 0 Å². The quantitative estimate of drug-likeness (QED) is 0.162. The van der Waals surface area contributed by atoms with Crippen LogP contribution in [0.2, 0.25) is 0 Å². The number of hydrogen-bond acceptors (Lipinski definition) is 5. The zero-order chi connectivity index (χ0) is 13.9. The number of rotatable bonds is 9. The fourth-order valence-electron chi connectivity index (χ4n) is 1.30. The van der Waals surface area contributed by atoms with Gasteiger partial charge in [-0.1, -0.05) is 30.3 Å². The first-order valence-electron chi connectivity index (χ1n) is 5.62. The topological polar surface area (TPSA) is 81.7 Å². The molecule has 1 amide bonds. The second kappa shape index (κ2) is 9.78. The number of hydrogen-bond donors (Lipinski definition) is 1. The Bertz CT molecular complexity index is 412. The van der Waals surface area contributed by atoms with E-state index in [-0.39, 0.29) is 19.8 Å². The Kier molecular flexibility index (Phi) is 8.21. The molecule has 0 aliphatic carbocycles. The van der Waals surface area contributed by atoms with E-state index in [0.29, 0.717) is 6.29 Å². The minimum atomic E-state index is -0.971. The summed E-state index contributed by atoms with van der Waals surface area (Å²) in [4.78, 5) is 32.0. The van der Waals surface area contributed by atoms with Crippen LogP contribution in [0, 0.1) is 0 Å². The van der Waals surface area contributed by atoms with Gasteiger partial charge < -0.3 is 24.4 Å². The summed E-state index contributed by atoms with van der Waals surface area (Å²) >= 11 is 0. The normalized spacial score (nSPS) is 10.8. The molecule has 20 heavy (non-hydrogen) atoms. The van der Waals surface area contributed by atoms with Crippen molar-refractivity contribution in [3.8, 4) is 0 Å². The molecule has 7 heteroatoms. The van der Waals surface area contributed by atoms with Gasteiger partial charge in [-0.3, -0.25) is 0 Å². The summed E-state index contributed by atoms with van der Waals surface area (Å²) in [5.41, 5.74) is 0.832. The summed E-state index contributed by atoms with van der Waals surface area (Å²) in [7, 11) is 0. The molecule has 1 N–H and O–H groups in total. The van der Waals surface area contributed by atoms with Gasteiger partial charge in [0.25, 0.3) is 0 Å². The van der Waals surface area contributed by atoms with E-state index in [1.54, 1.807) is 0 Å². The average Bonchev–Trinajstić information content (AvgIpc) is 2.45. The van der Waals surface area contributed by atoms with Crippen LogP contribution in [-0.4, -0.2) is 37.9 Å². The van der Waals surface area contributed by atoms with Crippen molar-refractivity contribution in [2.45, 2.75) is 12.6 Å². The largest absolute Gasteiger partial charge is 0.520 e. The van der Waals surface area contributed by atoms with E-state index in [2.05, 4.69) is 5.32 Å². The van der Waals surface area contributed by atoms with Crippen LogP contribution in [0.5, 0.6) is 0 Å². The zero-order valence-corrected chi connectivity index (χ0v) is 12.9. The van der Waals surface area contributed by atoms with E-state index in [9.17, 15) is 14.4 Å². The molecule has 0 saturated heterocycles. The van der Waals surface area contributed by atoms with Crippen LogP contribution in [0.25, 0.3) is 0 Å². The number of benzene rings is 1. The Balaban J connectivity index is 0.00000361. The van der Waals surface area contributed by atoms with Gasteiger partial charge in [0.15, 0.2) is 0 Å². The molecular weight excluding hydrogens is 507 g/mol. The van der Waals surface area contributed by atoms with Crippen molar-refractivity contribution in [3.63, 3.8) is 0 Å². The third kappa shape index (κ3) is 5.92. The van der Waals surface area contributed by atoms with Crippen LogP contribution in [0.15, 0.2) is 30.3 Å². The Morgan fingerprint density at radius 1 is 1.35 bits per heavy atom. The molecule has 0 aliphatic heterocycles. The van der Waals surface area contributed by atoms with E-state index < -0.39 is 12.0 Å². The summed E-state index contributed by atoms with van der Waals surface area (Å²) in [5.74, 6) is -0.641. The second-order valence-corrected chi connectivity index (χ2v) is 3.60. The summed E-state index contributed by atoms with van der Waals surface area (Å²) in [5, 5.41) is 2.16. The monoisotopic (exact) mass is 521 g/mol. The standard InChI is InChI=1S/C13H14NO5.Fm/c15-6-7-18-9-12(14-10-16)13(17)19-8-11-4-2-1-3-5-11;/h1-6,12H,7-9H2,(H,14,16);/q-1;. The molecule has 0 heterocycles. The Hall–Kier alpha value is -3.21. The van der Waals surface area contributed by atoms with Gasteiger partial charge in [-0.05, 0) is 5.56 Å². The van der Waals surface area contributed by atoms with Gasteiger partial charge in [0.1, 0.15) is 25.5 Å². The van der Waals surface area contributed by atoms with E-state index in [4.69, 9.17) is 9.47 Å². The summed E-state index contributed by atoms with van der Waals surface area (Å²) in [6.45, 7) is -0.186. The molecule has 0 fully saturated rings. The van der Waals surface area contributed by atoms with Crippen molar-refractivity contribution in [1.82, 2.24) is 5.32 Å². The van der Waals surface area contributed by atoms with Gasteiger partial charge in [-0.15, -0.1) is 0 Å². The SMILES string of the molecule is O=[C-]NC(COCC=O)C(=O)OCc1ccccc1.[Fm]. The van der Waals surface area contributed by atoms with Gasteiger partial charge in [-0.2, -0.15) is 6.41 Å². The fourth-order valence-corrected chi connectivity index (χ4v) is 1.30. The van der Waals surface area contributed by atoms with Gasteiger partial charge in [0.05, 0.1) is 6.61 Å². The van der Waals surface area contributed by atoms with Crippen LogP contribution >= 0.6 is 0 Å². The van der Waals surface area contributed by atoms with Crippen LogP contribution in [-0.2, 0) is 30.5 Å². The van der Waals surface area contributed by atoms with Crippen molar-refractivity contribution in [3.05, 3.63) is 35.9 Å². The molecule has 6 nitrogen and oxygen atoms in total. The molecule has 0 saturated carbocycles. The van der Waals surface area contributed by atoms with Gasteiger partial charge in [0.2, 0.25) is 0 Å².